The van der Waals surface area contributed by atoms with Gasteiger partial charge in [0.25, 0.3) is 0 Å². The third-order valence-corrected chi connectivity index (χ3v) is 2.70. The molecule has 1 N–H and O–H groups in total. The van der Waals surface area contributed by atoms with Gasteiger partial charge in [0.05, 0.1) is 0 Å². The van der Waals surface area contributed by atoms with Crippen molar-refractivity contribution in [2.75, 3.05) is 0 Å². The van der Waals surface area contributed by atoms with E-state index in [9.17, 15) is 4.21 Å². The van der Waals surface area contributed by atoms with Gasteiger partial charge in [0.2, 0.25) is 0 Å². The van der Waals surface area contributed by atoms with Gasteiger partial charge in [-0.15, -0.1) is 0 Å². The van der Waals surface area contributed by atoms with Crippen molar-refractivity contribution in [3.8, 4) is 0 Å². The predicted octanol–water partition coefficient (Wildman–Crippen LogP) is 2.71. The molecular weight excluding hydrogens is 294 g/mol. The fraction of sp³-hybridized carbons (Fsp3) is 0.286. The first-order valence-corrected chi connectivity index (χ1v) is 5.80. The molecule has 0 radical (unpaired) electrons. The summed E-state index contributed by atoms with van der Waals surface area (Å²) >= 11 is 6.69. The highest BCUT2D eigenvalue weighted by Crippen LogP contribution is 2.26. The first-order valence-electron chi connectivity index (χ1n) is 3.59. The average Bonchev–Trinajstić information content (AvgIpc) is 2.08. The van der Waals surface area contributed by atoms with Gasteiger partial charge in [-0.2, -0.15) is 4.21 Å². The Balaban J connectivity index is 2.93. The number of rotatable bonds is 3. The quantitative estimate of drug-likeness (QED) is 0.689. The molecule has 2 unspecified atom stereocenters. The number of halogens is 2. The molecule has 1 heterocycles. The normalized spacial score (nSPS) is 15.1. The van der Waals surface area contributed by atoms with E-state index in [2.05, 4.69) is 25.1 Å². The molecule has 2 atom stereocenters. The average molecular weight is 301 g/mol. The second kappa shape index (κ2) is 5.18. The molecule has 78 valence electrons. The first-order chi connectivity index (χ1) is 6.50. The molecule has 14 heavy (non-hydrogen) atoms. The van der Waals surface area contributed by atoms with Crippen molar-refractivity contribution in [1.29, 1.82) is 0 Å². The zero-order chi connectivity index (χ0) is 10.7. The van der Waals surface area contributed by atoms with Gasteiger partial charge in [0.15, 0.2) is 0 Å². The molecule has 4 nitrogen and oxygen atoms in total. The molecule has 7 heteroatoms. The molecule has 0 saturated heterocycles. The Bertz CT molecular complexity index is 363. The van der Waals surface area contributed by atoms with Crippen molar-refractivity contribution in [2.45, 2.75) is 13.0 Å². The highest BCUT2D eigenvalue weighted by atomic mass is 79.9. The van der Waals surface area contributed by atoms with Gasteiger partial charge in [-0.1, -0.05) is 11.6 Å². The molecule has 0 aromatic carbocycles. The summed E-state index contributed by atoms with van der Waals surface area (Å²) in [5.41, 5.74) is 0.559. The van der Waals surface area contributed by atoms with Crippen LogP contribution in [-0.2, 0) is 15.5 Å². The van der Waals surface area contributed by atoms with Crippen LogP contribution in [-0.4, -0.2) is 13.7 Å². The van der Waals surface area contributed by atoms with Gasteiger partial charge in [-0.05, 0) is 28.9 Å². The largest absolute Gasteiger partial charge is 0.302 e. The third-order valence-electron chi connectivity index (χ3n) is 1.50. The van der Waals surface area contributed by atoms with E-state index in [1.807, 2.05) is 0 Å². The molecule has 0 fully saturated rings. The lowest BCUT2D eigenvalue weighted by molar-refractivity contribution is 0.227. The lowest BCUT2D eigenvalue weighted by atomic mass is 10.2. The van der Waals surface area contributed by atoms with Crippen LogP contribution in [0, 0.1) is 0 Å². The number of nitrogens with zero attached hydrogens (tertiary/aromatic N) is 1. The van der Waals surface area contributed by atoms with E-state index in [1.54, 1.807) is 13.0 Å². The standard InChI is InChI=1S/C7H7BrClNO3S/c1-4(13-14(11)12)6-2-5(8)3-10-7(6)9/h2-4H,1H3,(H,11,12). The van der Waals surface area contributed by atoms with Crippen LogP contribution in [0.1, 0.15) is 18.6 Å². The topological polar surface area (TPSA) is 59.4 Å². The Kier molecular flexibility index (Phi) is 4.46. The number of pyridine rings is 1. The van der Waals surface area contributed by atoms with E-state index >= 15 is 0 Å². The molecule has 1 rings (SSSR count). The Morgan fingerprint density at radius 3 is 3.00 bits per heavy atom. The van der Waals surface area contributed by atoms with Crippen LogP contribution in [0.4, 0.5) is 0 Å². The number of hydrogen-bond donors (Lipinski definition) is 1. The van der Waals surface area contributed by atoms with E-state index < -0.39 is 17.5 Å². The summed E-state index contributed by atoms with van der Waals surface area (Å²) in [6.07, 6.45) is 0.951. The Morgan fingerprint density at radius 2 is 2.43 bits per heavy atom. The fourth-order valence-electron chi connectivity index (χ4n) is 0.899. The van der Waals surface area contributed by atoms with Gasteiger partial charge in [-0.25, -0.2) is 4.98 Å². The molecule has 0 aliphatic rings. The van der Waals surface area contributed by atoms with Crippen LogP contribution in [0.2, 0.25) is 5.15 Å². The summed E-state index contributed by atoms with van der Waals surface area (Å²) in [5.74, 6) is 0. The molecule has 0 amide bonds. The molecule has 0 saturated carbocycles. The number of hydrogen-bond acceptors (Lipinski definition) is 3. The second-order valence-corrected chi connectivity index (χ2v) is 4.39. The fourth-order valence-corrected chi connectivity index (χ4v) is 1.86. The van der Waals surface area contributed by atoms with Crippen LogP contribution >= 0.6 is 27.5 Å². The molecular formula is C7H7BrClNO3S. The summed E-state index contributed by atoms with van der Waals surface area (Å²) in [5, 5.41) is 0.256. The zero-order valence-electron chi connectivity index (χ0n) is 7.11. The summed E-state index contributed by atoms with van der Waals surface area (Å²) in [6.45, 7) is 1.61. The van der Waals surface area contributed by atoms with Gasteiger partial charge in [0, 0.05) is 16.2 Å². The van der Waals surface area contributed by atoms with E-state index in [0.29, 0.717) is 5.56 Å². The van der Waals surface area contributed by atoms with E-state index in [-0.39, 0.29) is 5.15 Å². The maximum absolute atomic E-state index is 10.4. The molecule has 0 aliphatic carbocycles. The highest BCUT2D eigenvalue weighted by molar-refractivity contribution is 9.10. The lowest BCUT2D eigenvalue weighted by Gasteiger charge is -2.10. The van der Waals surface area contributed by atoms with Crippen LogP contribution < -0.4 is 0 Å². The maximum Gasteiger partial charge on any atom is 0.302 e. The minimum atomic E-state index is -2.31. The highest BCUT2D eigenvalue weighted by Gasteiger charge is 2.14. The van der Waals surface area contributed by atoms with Crippen LogP contribution in [0.15, 0.2) is 16.7 Å². The Labute approximate surface area is 97.3 Å². The van der Waals surface area contributed by atoms with E-state index in [1.165, 1.54) is 6.20 Å². The summed E-state index contributed by atoms with van der Waals surface area (Å²) in [7, 11) is 0. The van der Waals surface area contributed by atoms with Gasteiger partial charge in [0.1, 0.15) is 11.3 Å². The first kappa shape index (κ1) is 12.1. The monoisotopic (exact) mass is 299 g/mol. The van der Waals surface area contributed by atoms with Crippen molar-refractivity contribution in [3.05, 3.63) is 27.5 Å². The van der Waals surface area contributed by atoms with E-state index in [0.717, 1.165) is 4.47 Å². The summed E-state index contributed by atoms with van der Waals surface area (Å²) in [4.78, 5) is 3.86. The second-order valence-electron chi connectivity index (χ2n) is 2.49. The van der Waals surface area contributed by atoms with Crippen LogP contribution in [0.5, 0.6) is 0 Å². The lowest BCUT2D eigenvalue weighted by Crippen LogP contribution is -2.03. The predicted molar refractivity (Wildman–Crippen MR) is 57.2 cm³/mol. The SMILES string of the molecule is CC(OS(=O)O)c1cc(Br)cnc1Cl. The molecule has 0 bridgehead atoms. The van der Waals surface area contributed by atoms with Crippen molar-refractivity contribution in [1.82, 2.24) is 4.98 Å². The third kappa shape index (κ3) is 3.29. The molecule has 0 aliphatic heterocycles. The molecule has 1 aromatic heterocycles. The minimum Gasteiger partial charge on any atom is -0.284 e. The Morgan fingerprint density at radius 1 is 1.79 bits per heavy atom. The van der Waals surface area contributed by atoms with Gasteiger partial charge < -0.3 is 0 Å². The van der Waals surface area contributed by atoms with Crippen molar-refractivity contribution in [3.63, 3.8) is 0 Å². The molecule has 0 spiro atoms. The van der Waals surface area contributed by atoms with Gasteiger partial charge >= 0.3 is 11.4 Å². The smallest absolute Gasteiger partial charge is 0.284 e. The van der Waals surface area contributed by atoms with Crippen molar-refractivity contribution < 1.29 is 12.9 Å². The van der Waals surface area contributed by atoms with Crippen molar-refractivity contribution >= 4 is 38.9 Å². The van der Waals surface area contributed by atoms with Crippen LogP contribution in [0.25, 0.3) is 0 Å². The van der Waals surface area contributed by atoms with Crippen molar-refractivity contribution in [2.24, 2.45) is 0 Å². The van der Waals surface area contributed by atoms with E-state index in [4.69, 9.17) is 16.2 Å². The zero-order valence-corrected chi connectivity index (χ0v) is 10.3. The van der Waals surface area contributed by atoms with Crippen LogP contribution in [0.3, 0.4) is 0 Å². The maximum atomic E-state index is 10.4. The number of aromatic nitrogens is 1. The molecule has 1 aromatic rings. The van der Waals surface area contributed by atoms with Gasteiger partial charge in [-0.3, -0.25) is 8.74 Å². The minimum absolute atomic E-state index is 0.256. The summed E-state index contributed by atoms with van der Waals surface area (Å²) in [6, 6.07) is 1.69. The Hall–Kier alpha value is -0.0100. The summed E-state index contributed by atoms with van der Waals surface area (Å²) < 4.78 is 24.3.